The van der Waals surface area contributed by atoms with E-state index in [1.54, 1.807) is 13.0 Å². The smallest absolute Gasteiger partial charge is 0.326 e. The molecule has 6 heteroatoms. The fraction of sp³-hybridized carbons (Fsp3) is 0.688. The largest absolute Gasteiger partial charge is 0.480 e. The van der Waals surface area contributed by atoms with Crippen LogP contribution in [0.2, 0.25) is 0 Å². The SMILES string of the molecule is CC.Cc1cc(C(C(=O)N2CCCC2C(=O)O)C(C)C)on1. The van der Waals surface area contributed by atoms with Crippen molar-refractivity contribution in [3.8, 4) is 0 Å². The molecule has 1 saturated heterocycles. The Hall–Kier alpha value is -1.85. The molecule has 1 aliphatic rings. The molecule has 22 heavy (non-hydrogen) atoms. The highest BCUT2D eigenvalue weighted by Gasteiger charge is 2.39. The van der Waals surface area contributed by atoms with Gasteiger partial charge in [0.05, 0.1) is 5.69 Å². The van der Waals surface area contributed by atoms with Crippen LogP contribution in [0.1, 0.15) is 57.9 Å². The number of likely N-dealkylation sites (tertiary alicyclic amines) is 1. The average molecular weight is 310 g/mol. The van der Waals surface area contributed by atoms with Crippen LogP contribution in [0.5, 0.6) is 0 Å². The molecule has 2 atom stereocenters. The van der Waals surface area contributed by atoms with Gasteiger partial charge >= 0.3 is 5.97 Å². The van der Waals surface area contributed by atoms with Crippen molar-refractivity contribution in [3.05, 3.63) is 17.5 Å². The number of amides is 1. The number of aromatic nitrogens is 1. The van der Waals surface area contributed by atoms with E-state index < -0.39 is 17.9 Å². The number of carboxylic acid groups (broad SMARTS) is 1. The van der Waals surface area contributed by atoms with Gasteiger partial charge in [0.15, 0.2) is 0 Å². The maximum Gasteiger partial charge on any atom is 0.326 e. The minimum atomic E-state index is -0.938. The number of carboxylic acids is 1. The number of nitrogens with zero attached hydrogens (tertiary/aromatic N) is 2. The normalized spacial score (nSPS) is 18.8. The van der Waals surface area contributed by atoms with Crippen LogP contribution in [0.15, 0.2) is 10.6 Å². The first kappa shape index (κ1) is 18.2. The molecule has 0 saturated carbocycles. The van der Waals surface area contributed by atoms with E-state index in [0.717, 1.165) is 12.1 Å². The standard InChI is InChI=1S/C14H20N2O4.C2H6/c1-8(2)12(11-7-9(3)15-20-11)13(17)16-6-4-5-10(16)14(18)19;1-2/h7-8,10,12H,4-6H2,1-3H3,(H,18,19);1-2H3. The lowest BCUT2D eigenvalue weighted by Crippen LogP contribution is -2.43. The minimum Gasteiger partial charge on any atom is -0.480 e. The molecule has 0 aromatic carbocycles. The summed E-state index contributed by atoms with van der Waals surface area (Å²) in [6.45, 7) is 10.1. The Morgan fingerprint density at radius 1 is 1.41 bits per heavy atom. The van der Waals surface area contributed by atoms with E-state index in [1.165, 1.54) is 4.90 Å². The van der Waals surface area contributed by atoms with Crippen molar-refractivity contribution < 1.29 is 19.2 Å². The number of hydrogen-bond acceptors (Lipinski definition) is 4. The van der Waals surface area contributed by atoms with Gasteiger partial charge in [-0.3, -0.25) is 4.79 Å². The van der Waals surface area contributed by atoms with Gasteiger partial charge in [-0.05, 0) is 25.7 Å². The van der Waals surface area contributed by atoms with E-state index in [1.807, 2.05) is 27.7 Å². The fourth-order valence-electron chi connectivity index (χ4n) is 2.73. The monoisotopic (exact) mass is 310 g/mol. The van der Waals surface area contributed by atoms with Crippen molar-refractivity contribution >= 4 is 11.9 Å². The Labute approximate surface area is 131 Å². The number of rotatable bonds is 4. The summed E-state index contributed by atoms with van der Waals surface area (Å²) in [4.78, 5) is 25.4. The molecule has 2 rings (SSSR count). The van der Waals surface area contributed by atoms with Gasteiger partial charge in [-0.1, -0.05) is 32.9 Å². The minimum absolute atomic E-state index is 0.0184. The molecule has 2 unspecified atom stereocenters. The van der Waals surface area contributed by atoms with E-state index in [2.05, 4.69) is 5.16 Å². The van der Waals surface area contributed by atoms with Gasteiger partial charge in [-0.2, -0.15) is 0 Å². The van der Waals surface area contributed by atoms with E-state index in [4.69, 9.17) is 4.52 Å². The quantitative estimate of drug-likeness (QED) is 0.924. The van der Waals surface area contributed by atoms with Gasteiger partial charge in [0.25, 0.3) is 0 Å². The molecule has 1 aromatic rings. The number of aliphatic carboxylic acids is 1. The first-order valence-corrected chi connectivity index (χ1v) is 7.88. The van der Waals surface area contributed by atoms with Crippen LogP contribution in [-0.4, -0.2) is 39.6 Å². The van der Waals surface area contributed by atoms with Crippen LogP contribution >= 0.6 is 0 Å². The molecule has 1 amide bonds. The molecule has 1 aromatic heterocycles. The first-order valence-electron chi connectivity index (χ1n) is 7.88. The van der Waals surface area contributed by atoms with Crippen LogP contribution < -0.4 is 0 Å². The van der Waals surface area contributed by atoms with E-state index >= 15 is 0 Å². The van der Waals surface area contributed by atoms with Gasteiger partial charge in [-0.25, -0.2) is 4.79 Å². The van der Waals surface area contributed by atoms with Crippen molar-refractivity contribution in [1.29, 1.82) is 0 Å². The Balaban J connectivity index is 0.00000116. The highest BCUT2D eigenvalue weighted by Crippen LogP contribution is 2.30. The summed E-state index contributed by atoms with van der Waals surface area (Å²) in [6.07, 6.45) is 1.24. The molecule has 2 heterocycles. The molecule has 0 radical (unpaired) electrons. The second-order valence-corrected chi connectivity index (χ2v) is 5.62. The Morgan fingerprint density at radius 2 is 2.05 bits per heavy atom. The number of hydrogen-bond donors (Lipinski definition) is 1. The van der Waals surface area contributed by atoms with Crippen LogP contribution in [-0.2, 0) is 9.59 Å². The third-order valence-electron chi connectivity index (χ3n) is 3.71. The molecule has 0 aliphatic carbocycles. The first-order chi connectivity index (χ1) is 10.4. The van der Waals surface area contributed by atoms with Gasteiger partial charge < -0.3 is 14.5 Å². The number of aryl methyl sites for hydroxylation is 1. The predicted molar refractivity (Wildman–Crippen MR) is 82.5 cm³/mol. The zero-order chi connectivity index (χ0) is 16.9. The summed E-state index contributed by atoms with van der Waals surface area (Å²) in [5, 5.41) is 13.0. The summed E-state index contributed by atoms with van der Waals surface area (Å²) >= 11 is 0. The van der Waals surface area contributed by atoms with Gasteiger partial charge in [-0.15, -0.1) is 0 Å². The summed E-state index contributed by atoms with van der Waals surface area (Å²) in [7, 11) is 0. The van der Waals surface area contributed by atoms with Gasteiger partial charge in [0.2, 0.25) is 5.91 Å². The van der Waals surface area contributed by atoms with Gasteiger partial charge in [0.1, 0.15) is 17.7 Å². The zero-order valence-electron chi connectivity index (χ0n) is 14.0. The summed E-state index contributed by atoms with van der Waals surface area (Å²) < 4.78 is 5.22. The Morgan fingerprint density at radius 3 is 2.50 bits per heavy atom. The fourth-order valence-corrected chi connectivity index (χ4v) is 2.73. The molecular formula is C16H26N2O4. The summed E-state index contributed by atoms with van der Waals surface area (Å²) in [6, 6.07) is 1.03. The highest BCUT2D eigenvalue weighted by molar-refractivity contribution is 5.88. The lowest BCUT2D eigenvalue weighted by atomic mass is 9.91. The van der Waals surface area contributed by atoms with Crippen molar-refractivity contribution in [3.63, 3.8) is 0 Å². The molecule has 0 spiro atoms. The Kier molecular flexibility index (Phi) is 6.59. The van der Waals surface area contributed by atoms with E-state index in [9.17, 15) is 14.7 Å². The summed E-state index contributed by atoms with van der Waals surface area (Å²) in [5.74, 6) is -1.06. The van der Waals surface area contributed by atoms with Crippen LogP contribution in [0.3, 0.4) is 0 Å². The van der Waals surface area contributed by atoms with Crippen molar-refractivity contribution in [2.24, 2.45) is 5.92 Å². The molecule has 124 valence electrons. The van der Waals surface area contributed by atoms with E-state index in [0.29, 0.717) is 18.7 Å². The van der Waals surface area contributed by atoms with Gasteiger partial charge in [0, 0.05) is 12.6 Å². The topological polar surface area (TPSA) is 83.6 Å². The van der Waals surface area contributed by atoms with Crippen LogP contribution in [0.25, 0.3) is 0 Å². The molecule has 1 aliphatic heterocycles. The molecule has 6 nitrogen and oxygen atoms in total. The third-order valence-corrected chi connectivity index (χ3v) is 3.71. The number of carbonyl (C=O) groups excluding carboxylic acids is 1. The lowest BCUT2D eigenvalue weighted by molar-refractivity contribution is -0.149. The third kappa shape index (κ3) is 3.87. The molecule has 1 fully saturated rings. The average Bonchev–Trinajstić information content (AvgIpc) is 3.09. The predicted octanol–water partition coefficient (Wildman–Crippen LogP) is 2.82. The van der Waals surface area contributed by atoms with Crippen molar-refractivity contribution in [2.45, 2.75) is 59.4 Å². The number of carbonyl (C=O) groups is 2. The second-order valence-electron chi connectivity index (χ2n) is 5.62. The second kappa shape index (κ2) is 7.96. The van der Waals surface area contributed by atoms with Crippen molar-refractivity contribution in [1.82, 2.24) is 10.1 Å². The van der Waals surface area contributed by atoms with Crippen LogP contribution in [0, 0.1) is 12.8 Å². The van der Waals surface area contributed by atoms with Crippen molar-refractivity contribution in [2.75, 3.05) is 6.54 Å². The highest BCUT2D eigenvalue weighted by atomic mass is 16.5. The van der Waals surface area contributed by atoms with Crippen LogP contribution in [0.4, 0.5) is 0 Å². The maximum atomic E-state index is 12.7. The lowest BCUT2D eigenvalue weighted by Gasteiger charge is -2.27. The zero-order valence-corrected chi connectivity index (χ0v) is 14.0. The van der Waals surface area contributed by atoms with E-state index in [-0.39, 0.29) is 11.8 Å². The maximum absolute atomic E-state index is 12.7. The summed E-state index contributed by atoms with van der Waals surface area (Å²) in [5.41, 5.74) is 0.717. The molecule has 1 N–H and O–H groups in total. The molecule has 0 bridgehead atoms. The molecular weight excluding hydrogens is 284 g/mol. The Bertz CT molecular complexity index is 510.